The van der Waals surface area contributed by atoms with Crippen molar-refractivity contribution in [3.63, 3.8) is 0 Å². The number of fused-ring (bicyclic) bond motifs is 2. The number of Topliss-reactive ketones (excluding diaryl/α,β-unsaturated/α-hetero) is 1. The molecule has 0 bridgehead atoms. The van der Waals surface area contributed by atoms with Crippen molar-refractivity contribution >= 4 is 23.3 Å². The highest BCUT2D eigenvalue weighted by Gasteiger charge is 2.37. The molecule has 7 nitrogen and oxygen atoms in total. The van der Waals surface area contributed by atoms with E-state index in [1.165, 1.54) is 6.92 Å². The zero-order valence-electron chi connectivity index (χ0n) is 17.3. The van der Waals surface area contributed by atoms with Gasteiger partial charge in [-0.3, -0.25) is 14.4 Å². The fraction of sp³-hybridized carbons (Fsp3) is 0.160. The Bertz CT molecular complexity index is 1240. The molecule has 5 rings (SSSR count). The number of nitrogens with zero attached hydrogens (tertiary/aromatic N) is 1. The quantitative estimate of drug-likeness (QED) is 0.622. The highest BCUT2D eigenvalue weighted by atomic mass is 16.7. The first-order valence-electron chi connectivity index (χ1n) is 10.2. The van der Waals surface area contributed by atoms with Crippen molar-refractivity contribution in [2.75, 3.05) is 12.1 Å². The lowest BCUT2D eigenvalue weighted by Gasteiger charge is -2.27. The van der Waals surface area contributed by atoms with Crippen molar-refractivity contribution in [1.82, 2.24) is 4.90 Å². The van der Waals surface area contributed by atoms with Crippen LogP contribution in [0.25, 0.3) is 0 Å². The molecule has 0 radical (unpaired) electrons. The predicted octanol–water partition coefficient (Wildman–Crippen LogP) is 3.95. The molecule has 2 amide bonds. The highest BCUT2D eigenvalue weighted by Crippen LogP contribution is 2.38. The summed E-state index contributed by atoms with van der Waals surface area (Å²) in [4.78, 5) is 40.5. The van der Waals surface area contributed by atoms with Crippen molar-refractivity contribution in [3.8, 4) is 11.5 Å². The molecule has 0 aliphatic carbocycles. The number of nitrogens with one attached hydrogen (secondary N) is 1. The molecule has 1 N–H and O–H groups in total. The van der Waals surface area contributed by atoms with E-state index >= 15 is 0 Å². The average Bonchev–Trinajstić information content (AvgIpc) is 3.38. The molecule has 1 atom stereocenters. The maximum Gasteiger partial charge on any atom is 0.255 e. The van der Waals surface area contributed by atoms with Crippen LogP contribution in [0, 0.1) is 0 Å². The van der Waals surface area contributed by atoms with Crippen molar-refractivity contribution in [3.05, 3.63) is 89.0 Å². The molecule has 32 heavy (non-hydrogen) atoms. The van der Waals surface area contributed by atoms with Gasteiger partial charge in [-0.2, -0.15) is 0 Å². The van der Waals surface area contributed by atoms with Gasteiger partial charge in [-0.25, -0.2) is 0 Å². The van der Waals surface area contributed by atoms with Crippen molar-refractivity contribution in [2.24, 2.45) is 0 Å². The number of carbonyl (C=O) groups is 3. The number of hydrogen-bond donors (Lipinski definition) is 1. The minimum Gasteiger partial charge on any atom is -0.454 e. The van der Waals surface area contributed by atoms with Gasteiger partial charge in [-0.1, -0.05) is 48.5 Å². The van der Waals surface area contributed by atoms with Gasteiger partial charge in [0.05, 0.1) is 5.69 Å². The van der Waals surface area contributed by atoms with E-state index in [4.69, 9.17) is 9.47 Å². The monoisotopic (exact) mass is 428 g/mol. The molecule has 0 saturated heterocycles. The minimum atomic E-state index is -0.874. The number of ether oxygens (including phenoxy) is 2. The van der Waals surface area contributed by atoms with E-state index in [9.17, 15) is 14.4 Å². The Balaban J connectivity index is 1.52. The van der Waals surface area contributed by atoms with Crippen LogP contribution >= 0.6 is 0 Å². The summed E-state index contributed by atoms with van der Waals surface area (Å²) < 4.78 is 10.8. The topological polar surface area (TPSA) is 84.9 Å². The smallest absolute Gasteiger partial charge is 0.255 e. The molecule has 2 heterocycles. The summed E-state index contributed by atoms with van der Waals surface area (Å²) >= 11 is 0. The standard InChI is InChI=1S/C25H20N2O5/c1-15(28)19-11-21-22(32-14-31-21)12-20(19)26-24(29)23(16-7-3-2-4-8-16)27-13-17-9-5-6-10-18(17)25(27)30/h2-12,23H,13-14H2,1H3,(H,26,29). The Labute approximate surface area is 184 Å². The Morgan fingerprint density at radius 3 is 2.38 bits per heavy atom. The molecule has 0 spiro atoms. The van der Waals surface area contributed by atoms with Gasteiger partial charge in [0.1, 0.15) is 6.04 Å². The molecule has 160 valence electrons. The summed E-state index contributed by atoms with van der Waals surface area (Å²) in [5.41, 5.74) is 2.77. The Hall–Kier alpha value is -4.13. The highest BCUT2D eigenvalue weighted by molar-refractivity contribution is 6.08. The lowest BCUT2D eigenvalue weighted by Crippen LogP contribution is -2.37. The van der Waals surface area contributed by atoms with E-state index in [0.717, 1.165) is 5.56 Å². The zero-order chi connectivity index (χ0) is 22.2. The van der Waals surface area contributed by atoms with E-state index in [1.54, 1.807) is 23.1 Å². The summed E-state index contributed by atoms with van der Waals surface area (Å²) in [5, 5.41) is 2.86. The fourth-order valence-corrected chi connectivity index (χ4v) is 4.13. The van der Waals surface area contributed by atoms with Gasteiger partial charge >= 0.3 is 0 Å². The van der Waals surface area contributed by atoms with Crippen molar-refractivity contribution < 1.29 is 23.9 Å². The van der Waals surface area contributed by atoms with E-state index in [2.05, 4.69) is 5.32 Å². The van der Waals surface area contributed by atoms with Gasteiger partial charge in [-0.05, 0) is 30.2 Å². The van der Waals surface area contributed by atoms with Crippen LogP contribution in [0.4, 0.5) is 5.69 Å². The molecule has 0 fully saturated rings. The average molecular weight is 428 g/mol. The molecule has 2 aliphatic heterocycles. The number of carbonyl (C=O) groups excluding carboxylic acids is 3. The summed E-state index contributed by atoms with van der Waals surface area (Å²) in [6.45, 7) is 1.79. The number of benzene rings is 3. The second kappa shape index (κ2) is 7.85. The minimum absolute atomic E-state index is 0.0528. The third-order valence-electron chi connectivity index (χ3n) is 5.67. The van der Waals surface area contributed by atoms with Crippen LogP contribution in [0.5, 0.6) is 11.5 Å². The molecular formula is C25H20N2O5. The second-order valence-electron chi connectivity index (χ2n) is 7.70. The molecule has 7 heteroatoms. The van der Waals surface area contributed by atoms with Crippen molar-refractivity contribution in [1.29, 1.82) is 0 Å². The Morgan fingerprint density at radius 2 is 1.66 bits per heavy atom. The van der Waals surface area contributed by atoms with Crippen LogP contribution in [0.1, 0.15) is 44.8 Å². The maximum atomic E-state index is 13.6. The number of rotatable bonds is 5. The summed E-state index contributed by atoms with van der Waals surface area (Å²) in [6.07, 6.45) is 0. The lowest BCUT2D eigenvalue weighted by atomic mass is 10.0. The van der Waals surface area contributed by atoms with Crippen LogP contribution in [-0.2, 0) is 11.3 Å². The summed E-state index contributed by atoms with van der Waals surface area (Å²) in [6, 6.07) is 18.7. The second-order valence-corrected chi connectivity index (χ2v) is 7.70. The normalized spacial score (nSPS) is 14.8. The van der Waals surface area contributed by atoms with E-state index < -0.39 is 11.9 Å². The maximum absolute atomic E-state index is 13.6. The number of anilines is 1. The van der Waals surface area contributed by atoms with Crippen LogP contribution in [-0.4, -0.2) is 29.3 Å². The van der Waals surface area contributed by atoms with Crippen LogP contribution in [0.2, 0.25) is 0 Å². The molecule has 2 aliphatic rings. The summed E-state index contributed by atoms with van der Waals surface area (Å²) in [5.74, 6) is 0.0597. The third-order valence-corrected chi connectivity index (χ3v) is 5.67. The first kappa shape index (κ1) is 19.8. The first-order valence-corrected chi connectivity index (χ1v) is 10.2. The largest absolute Gasteiger partial charge is 0.454 e. The zero-order valence-corrected chi connectivity index (χ0v) is 17.3. The SMILES string of the molecule is CC(=O)c1cc2c(cc1NC(=O)C(c1ccccc1)N1Cc3ccccc3C1=O)OCO2. The predicted molar refractivity (Wildman–Crippen MR) is 117 cm³/mol. The van der Waals surface area contributed by atoms with Gasteiger partial charge in [0.15, 0.2) is 17.3 Å². The van der Waals surface area contributed by atoms with Gasteiger partial charge in [0, 0.05) is 23.7 Å². The van der Waals surface area contributed by atoms with Crippen molar-refractivity contribution in [2.45, 2.75) is 19.5 Å². The number of amides is 2. The number of hydrogen-bond acceptors (Lipinski definition) is 5. The molecule has 0 saturated carbocycles. The summed E-state index contributed by atoms with van der Waals surface area (Å²) in [7, 11) is 0. The third kappa shape index (κ3) is 3.37. The first-order chi connectivity index (χ1) is 15.5. The Kier molecular flexibility index (Phi) is 4.86. The molecule has 3 aromatic rings. The van der Waals surface area contributed by atoms with Crippen LogP contribution in [0.15, 0.2) is 66.7 Å². The van der Waals surface area contributed by atoms with E-state index in [-0.39, 0.29) is 18.5 Å². The molecule has 0 aromatic heterocycles. The molecular weight excluding hydrogens is 408 g/mol. The van der Waals surface area contributed by atoms with Crippen LogP contribution < -0.4 is 14.8 Å². The molecule has 3 aromatic carbocycles. The van der Waals surface area contributed by atoms with Gasteiger partial charge in [0.25, 0.3) is 11.8 Å². The van der Waals surface area contributed by atoms with E-state index in [1.807, 2.05) is 48.5 Å². The molecule has 1 unspecified atom stereocenters. The van der Waals surface area contributed by atoms with Crippen LogP contribution in [0.3, 0.4) is 0 Å². The number of ketones is 1. The van der Waals surface area contributed by atoms with Gasteiger partial charge < -0.3 is 19.7 Å². The fourth-order valence-electron chi connectivity index (χ4n) is 4.13. The Morgan fingerprint density at radius 1 is 0.969 bits per heavy atom. The van der Waals surface area contributed by atoms with E-state index in [0.29, 0.717) is 40.4 Å². The van der Waals surface area contributed by atoms with Gasteiger partial charge in [-0.15, -0.1) is 0 Å². The lowest BCUT2D eigenvalue weighted by molar-refractivity contribution is -0.120. The van der Waals surface area contributed by atoms with Gasteiger partial charge in [0.2, 0.25) is 6.79 Å².